The Morgan fingerprint density at radius 1 is 1.57 bits per heavy atom. The fourth-order valence-corrected chi connectivity index (χ4v) is 1.31. The van der Waals surface area contributed by atoms with Crippen molar-refractivity contribution in [1.29, 1.82) is 0 Å². The zero-order valence-electron chi connectivity index (χ0n) is 7.88. The third-order valence-electron chi connectivity index (χ3n) is 1.86. The van der Waals surface area contributed by atoms with Crippen LogP contribution in [0.15, 0.2) is 18.2 Å². The normalized spacial score (nSPS) is 9.93. The van der Waals surface area contributed by atoms with E-state index in [-0.39, 0.29) is 12.5 Å². The molecule has 1 rings (SSSR count). The molecule has 0 unspecified atom stereocenters. The zero-order valence-corrected chi connectivity index (χ0v) is 8.64. The zero-order chi connectivity index (χ0) is 10.6. The number of para-hydroxylation sites is 1. The lowest BCUT2D eigenvalue weighted by atomic mass is 10.2. The minimum absolute atomic E-state index is 0.118. The van der Waals surface area contributed by atoms with Crippen molar-refractivity contribution in [2.45, 2.75) is 20.0 Å². The molecule has 0 aromatic heterocycles. The van der Waals surface area contributed by atoms with Crippen LogP contribution in [0.3, 0.4) is 0 Å². The van der Waals surface area contributed by atoms with Crippen LogP contribution < -0.4 is 5.32 Å². The molecule has 0 saturated heterocycles. The van der Waals surface area contributed by atoms with E-state index in [1.165, 1.54) is 0 Å². The topological polar surface area (TPSA) is 49.3 Å². The number of nitrogens with one attached hydrogen (secondary N) is 1. The molecule has 0 radical (unpaired) electrons. The molecular weight excluding hydrogens is 202 g/mol. The Bertz CT molecular complexity index is 339. The highest BCUT2D eigenvalue weighted by Crippen LogP contribution is 2.25. The first-order valence-electron chi connectivity index (χ1n) is 4.37. The molecule has 0 atom stereocenters. The molecule has 1 aromatic carbocycles. The number of anilines is 1. The molecule has 1 aromatic rings. The van der Waals surface area contributed by atoms with Crippen molar-refractivity contribution >= 4 is 23.2 Å². The van der Waals surface area contributed by atoms with E-state index in [9.17, 15) is 4.79 Å². The largest absolute Gasteiger partial charge is 0.392 e. The molecule has 76 valence electrons. The van der Waals surface area contributed by atoms with Crippen LogP contribution in [-0.4, -0.2) is 11.0 Å². The van der Waals surface area contributed by atoms with E-state index in [4.69, 9.17) is 16.7 Å². The molecule has 0 fully saturated rings. The van der Waals surface area contributed by atoms with Gasteiger partial charge in [-0.3, -0.25) is 4.79 Å². The first-order chi connectivity index (χ1) is 6.69. The summed E-state index contributed by atoms with van der Waals surface area (Å²) in [6.45, 7) is 1.62. The minimum atomic E-state index is -0.139. The van der Waals surface area contributed by atoms with Crippen molar-refractivity contribution in [3.8, 4) is 0 Å². The van der Waals surface area contributed by atoms with Crippen molar-refractivity contribution in [3.63, 3.8) is 0 Å². The second kappa shape index (κ2) is 4.98. The second-order valence-corrected chi connectivity index (χ2v) is 3.24. The Hall–Kier alpha value is -1.06. The Kier molecular flexibility index (Phi) is 3.92. The Balaban J connectivity index is 2.98. The van der Waals surface area contributed by atoms with E-state index < -0.39 is 0 Å². The maximum absolute atomic E-state index is 11.2. The number of hydrogen-bond acceptors (Lipinski definition) is 2. The molecule has 0 spiro atoms. The summed E-state index contributed by atoms with van der Waals surface area (Å²) in [5, 5.41) is 12.1. The second-order valence-electron chi connectivity index (χ2n) is 2.83. The van der Waals surface area contributed by atoms with E-state index in [1.54, 1.807) is 25.1 Å². The number of rotatable bonds is 3. The SMILES string of the molecule is CCC(=O)Nc1c(Cl)cccc1CO. The Morgan fingerprint density at radius 3 is 2.86 bits per heavy atom. The van der Waals surface area contributed by atoms with E-state index in [1.807, 2.05) is 0 Å². The van der Waals surface area contributed by atoms with Crippen molar-refractivity contribution < 1.29 is 9.90 Å². The van der Waals surface area contributed by atoms with Crippen molar-refractivity contribution in [3.05, 3.63) is 28.8 Å². The molecule has 14 heavy (non-hydrogen) atoms. The number of halogens is 1. The van der Waals surface area contributed by atoms with Gasteiger partial charge in [-0.1, -0.05) is 30.7 Å². The molecule has 0 aliphatic carbocycles. The monoisotopic (exact) mass is 213 g/mol. The maximum Gasteiger partial charge on any atom is 0.224 e. The average Bonchev–Trinajstić information content (AvgIpc) is 2.20. The third kappa shape index (κ3) is 2.47. The molecule has 3 nitrogen and oxygen atoms in total. The van der Waals surface area contributed by atoms with Gasteiger partial charge in [-0.15, -0.1) is 0 Å². The van der Waals surface area contributed by atoms with Crippen LogP contribution in [0.5, 0.6) is 0 Å². The van der Waals surface area contributed by atoms with E-state index in [0.29, 0.717) is 22.7 Å². The summed E-state index contributed by atoms with van der Waals surface area (Å²) in [5.74, 6) is -0.118. The van der Waals surface area contributed by atoms with Crippen LogP contribution in [0.2, 0.25) is 5.02 Å². The van der Waals surface area contributed by atoms with E-state index in [2.05, 4.69) is 5.32 Å². The van der Waals surface area contributed by atoms with Gasteiger partial charge in [-0.2, -0.15) is 0 Å². The molecular formula is C10H12ClNO2. The van der Waals surface area contributed by atoms with Gasteiger partial charge in [-0.25, -0.2) is 0 Å². The maximum atomic E-state index is 11.2. The van der Waals surface area contributed by atoms with Crippen LogP contribution in [0, 0.1) is 0 Å². The summed E-state index contributed by atoms with van der Waals surface area (Å²) in [7, 11) is 0. The molecule has 1 amide bonds. The number of carbonyl (C=O) groups is 1. The quantitative estimate of drug-likeness (QED) is 0.809. The molecule has 0 aliphatic rings. The molecule has 0 aliphatic heterocycles. The summed E-state index contributed by atoms with van der Waals surface area (Å²) in [6, 6.07) is 5.12. The van der Waals surface area contributed by atoms with Crippen LogP contribution >= 0.6 is 11.6 Å². The number of amides is 1. The average molecular weight is 214 g/mol. The Morgan fingerprint density at radius 2 is 2.29 bits per heavy atom. The predicted octanol–water partition coefficient (Wildman–Crippen LogP) is 2.18. The van der Waals surface area contributed by atoms with Gasteiger partial charge in [0, 0.05) is 12.0 Å². The standard InChI is InChI=1S/C10H12ClNO2/c1-2-9(14)12-10-7(6-13)4-3-5-8(10)11/h3-5,13H,2,6H2,1H3,(H,12,14). The highest BCUT2D eigenvalue weighted by atomic mass is 35.5. The number of benzene rings is 1. The van der Waals surface area contributed by atoms with Gasteiger partial charge < -0.3 is 10.4 Å². The van der Waals surface area contributed by atoms with Gasteiger partial charge in [0.05, 0.1) is 17.3 Å². The van der Waals surface area contributed by atoms with Gasteiger partial charge in [0.2, 0.25) is 5.91 Å². The number of hydrogen-bond donors (Lipinski definition) is 2. The summed E-state index contributed by atoms with van der Waals surface area (Å²) in [6.07, 6.45) is 0.385. The van der Waals surface area contributed by atoms with E-state index >= 15 is 0 Å². The van der Waals surface area contributed by atoms with Gasteiger partial charge in [-0.05, 0) is 6.07 Å². The summed E-state index contributed by atoms with van der Waals surface area (Å²) in [4.78, 5) is 11.2. The molecule has 0 saturated carbocycles. The van der Waals surface area contributed by atoms with Crippen molar-refractivity contribution in [2.75, 3.05) is 5.32 Å². The van der Waals surface area contributed by atoms with E-state index in [0.717, 1.165) is 0 Å². The lowest BCUT2D eigenvalue weighted by Gasteiger charge is -2.10. The lowest BCUT2D eigenvalue weighted by molar-refractivity contribution is -0.115. The Labute approximate surface area is 87.7 Å². The molecule has 2 N–H and O–H groups in total. The summed E-state index contributed by atoms with van der Waals surface area (Å²) in [5.41, 5.74) is 1.13. The summed E-state index contributed by atoms with van der Waals surface area (Å²) >= 11 is 5.88. The predicted molar refractivity (Wildman–Crippen MR) is 56.3 cm³/mol. The van der Waals surface area contributed by atoms with Crippen LogP contribution in [0.4, 0.5) is 5.69 Å². The fraction of sp³-hybridized carbons (Fsp3) is 0.300. The van der Waals surface area contributed by atoms with Crippen LogP contribution in [0.1, 0.15) is 18.9 Å². The first kappa shape index (κ1) is 11.0. The fourth-order valence-electron chi connectivity index (χ4n) is 1.07. The molecule has 4 heteroatoms. The van der Waals surface area contributed by atoms with Crippen molar-refractivity contribution in [1.82, 2.24) is 0 Å². The minimum Gasteiger partial charge on any atom is -0.392 e. The first-order valence-corrected chi connectivity index (χ1v) is 4.75. The van der Waals surface area contributed by atoms with Crippen LogP contribution in [0.25, 0.3) is 0 Å². The number of aliphatic hydroxyl groups is 1. The van der Waals surface area contributed by atoms with Gasteiger partial charge in [0.1, 0.15) is 0 Å². The molecule has 0 heterocycles. The van der Waals surface area contributed by atoms with Crippen molar-refractivity contribution in [2.24, 2.45) is 0 Å². The van der Waals surface area contributed by atoms with Gasteiger partial charge in [0.25, 0.3) is 0 Å². The molecule has 0 bridgehead atoms. The smallest absolute Gasteiger partial charge is 0.224 e. The highest BCUT2D eigenvalue weighted by Gasteiger charge is 2.08. The number of carbonyl (C=O) groups excluding carboxylic acids is 1. The third-order valence-corrected chi connectivity index (χ3v) is 2.17. The van der Waals surface area contributed by atoms with Gasteiger partial charge in [0.15, 0.2) is 0 Å². The highest BCUT2D eigenvalue weighted by molar-refractivity contribution is 6.33. The van der Waals surface area contributed by atoms with Gasteiger partial charge >= 0.3 is 0 Å². The van der Waals surface area contributed by atoms with Crippen LogP contribution in [-0.2, 0) is 11.4 Å². The number of aliphatic hydroxyl groups excluding tert-OH is 1. The lowest BCUT2D eigenvalue weighted by Crippen LogP contribution is -2.11. The summed E-state index contributed by atoms with van der Waals surface area (Å²) < 4.78 is 0.